The number of aromatic nitrogens is 3. The maximum absolute atomic E-state index is 10.6. The van der Waals surface area contributed by atoms with Gasteiger partial charge >= 0.3 is 0 Å². The average molecular weight is 273 g/mol. The van der Waals surface area contributed by atoms with Gasteiger partial charge in [-0.25, -0.2) is 4.98 Å². The maximum atomic E-state index is 10.6. The maximum Gasteiger partial charge on any atom is 0.287 e. The molecule has 0 amide bonds. The monoisotopic (exact) mass is 273 g/mol. The fourth-order valence-electron chi connectivity index (χ4n) is 2.55. The fraction of sp³-hybridized carbons (Fsp3) is 0.385. The van der Waals surface area contributed by atoms with E-state index >= 15 is 0 Å². The molecule has 20 heavy (non-hydrogen) atoms. The van der Waals surface area contributed by atoms with Crippen LogP contribution in [0.25, 0.3) is 0 Å². The minimum absolute atomic E-state index is 0.0226. The minimum atomic E-state index is -0.431. The van der Waals surface area contributed by atoms with Gasteiger partial charge in [0.15, 0.2) is 0 Å². The molecule has 0 N–H and O–H groups in total. The first-order valence-electron chi connectivity index (χ1n) is 6.58. The highest BCUT2D eigenvalue weighted by atomic mass is 16.6. The molecule has 0 saturated carbocycles. The molecule has 104 valence electrons. The van der Waals surface area contributed by atoms with E-state index in [4.69, 9.17) is 0 Å². The third kappa shape index (κ3) is 2.47. The summed E-state index contributed by atoms with van der Waals surface area (Å²) in [5.41, 5.74) is 0.0226. The van der Waals surface area contributed by atoms with E-state index in [1.165, 1.54) is 12.3 Å². The topological polar surface area (TPSA) is 77.1 Å². The van der Waals surface area contributed by atoms with Gasteiger partial charge in [-0.1, -0.05) is 0 Å². The quantitative estimate of drug-likeness (QED) is 0.631. The van der Waals surface area contributed by atoms with Gasteiger partial charge in [0.2, 0.25) is 0 Å². The minimum Gasteiger partial charge on any atom is -0.354 e. The smallest absolute Gasteiger partial charge is 0.287 e. The molecule has 1 aliphatic heterocycles. The Balaban J connectivity index is 1.75. The molecule has 7 nitrogen and oxygen atoms in total. The van der Waals surface area contributed by atoms with Crippen LogP contribution < -0.4 is 4.90 Å². The van der Waals surface area contributed by atoms with Gasteiger partial charge in [0.1, 0.15) is 12.0 Å². The van der Waals surface area contributed by atoms with Crippen LogP contribution in [-0.2, 0) is 0 Å². The molecule has 1 fully saturated rings. The van der Waals surface area contributed by atoms with Crippen molar-refractivity contribution < 1.29 is 4.92 Å². The summed E-state index contributed by atoms with van der Waals surface area (Å²) in [5.74, 6) is 0.785. The van der Waals surface area contributed by atoms with Gasteiger partial charge < -0.3 is 4.90 Å². The summed E-state index contributed by atoms with van der Waals surface area (Å²) >= 11 is 0. The van der Waals surface area contributed by atoms with Gasteiger partial charge in [-0.3, -0.25) is 14.8 Å². The van der Waals surface area contributed by atoms with Gasteiger partial charge in [-0.2, -0.15) is 5.10 Å². The molecule has 0 spiro atoms. The lowest BCUT2D eigenvalue weighted by Gasteiger charge is -2.33. The predicted molar refractivity (Wildman–Crippen MR) is 73.6 cm³/mol. The number of rotatable bonds is 3. The molecule has 3 heterocycles. The molecule has 1 unspecified atom stereocenters. The van der Waals surface area contributed by atoms with Gasteiger partial charge in [0, 0.05) is 31.5 Å². The van der Waals surface area contributed by atoms with Crippen LogP contribution in [-0.4, -0.2) is 32.8 Å². The standard InChI is InChI=1S/C13H15N5O2/c19-18(20)11-4-5-13(14-9-11)16-7-1-3-12(10-16)17-8-2-6-15-17/h2,4-6,8-9,12H,1,3,7,10H2. The Labute approximate surface area is 116 Å². The lowest BCUT2D eigenvalue weighted by atomic mass is 10.1. The highest BCUT2D eigenvalue weighted by Crippen LogP contribution is 2.25. The van der Waals surface area contributed by atoms with Gasteiger partial charge in [0.05, 0.1) is 11.0 Å². The molecule has 1 saturated heterocycles. The Morgan fingerprint density at radius 1 is 1.40 bits per heavy atom. The van der Waals surface area contributed by atoms with Crippen molar-refractivity contribution >= 4 is 11.5 Å². The largest absolute Gasteiger partial charge is 0.354 e. The van der Waals surface area contributed by atoms with E-state index in [1.54, 1.807) is 12.3 Å². The van der Waals surface area contributed by atoms with Crippen LogP contribution in [0.4, 0.5) is 11.5 Å². The summed E-state index contributed by atoms with van der Waals surface area (Å²) in [7, 11) is 0. The molecular weight excluding hydrogens is 258 g/mol. The molecule has 3 rings (SSSR count). The van der Waals surface area contributed by atoms with E-state index in [0.717, 1.165) is 31.7 Å². The molecule has 7 heteroatoms. The lowest BCUT2D eigenvalue weighted by molar-refractivity contribution is -0.385. The molecule has 0 aromatic carbocycles. The lowest BCUT2D eigenvalue weighted by Crippen LogP contribution is -2.37. The van der Waals surface area contributed by atoms with Crippen molar-refractivity contribution in [3.8, 4) is 0 Å². The van der Waals surface area contributed by atoms with Crippen LogP contribution in [0.1, 0.15) is 18.9 Å². The molecule has 1 atom stereocenters. The van der Waals surface area contributed by atoms with E-state index < -0.39 is 4.92 Å². The van der Waals surface area contributed by atoms with Crippen molar-refractivity contribution in [1.82, 2.24) is 14.8 Å². The Morgan fingerprint density at radius 3 is 2.95 bits per heavy atom. The van der Waals surface area contributed by atoms with Crippen molar-refractivity contribution in [3.63, 3.8) is 0 Å². The molecule has 2 aromatic rings. The van der Waals surface area contributed by atoms with Crippen LogP contribution in [0.2, 0.25) is 0 Å². The first kappa shape index (κ1) is 12.6. The predicted octanol–water partition coefficient (Wildman–Crippen LogP) is 2.03. The van der Waals surface area contributed by atoms with Crippen LogP contribution in [0.3, 0.4) is 0 Å². The SMILES string of the molecule is O=[N+]([O-])c1ccc(N2CCCC(n3cccn3)C2)nc1. The number of nitro groups is 1. The van der Waals surface area contributed by atoms with E-state index in [0.29, 0.717) is 6.04 Å². The van der Waals surface area contributed by atoms with Crippen molar-refractivity contribution in [2.45, 2.75) is 18.9 Å². The van der Waals surface area contributed by atoms with Crippen LogP contribution in [0.15, 0.2) is 36.8 Å². The van der Waals surface area contributed by atoms with Crippen molar-refractivity contribution in [2.24, 2.45) is 0 Å². The second kappa shape index (κ2) is 5.28. The average Bonchev–Trinajstić information content (AvgIpc) is 3.02. The molecule has 2 aromatic heterocycles. The first-order chi connectivity index (χ1) is 9.74. The number of pyridine rings is 1. The second-order valence-electron chi connectivity index (χ2n) is 4.86. The highest BCUT2D eigenvalue weighted by molar-refractivity contribution is 5.43. The number of hydrogen-bond acceptors (Lipinski definition) is 5. The Morgan fingerprint density at radius 2 is 2.30 bits per heavy atom. The molecule has 1 aliphatic rings. The third-order valence-corrected chi connectivity index (χ3v) is 3.56. The van der Waals surface area contributed by atoms with E-state index in [1.807, 2.05) is 16.9 Å². The Hall–Kier alpha value is -2.44. The van der Waals surface area contributed by atoms with Gasteiger partial charge in [-0.05, 0) is 25.0 Å². The zero-order chi connectivity index (χ0) is 13.9. The normalized spacial score (nSPS) is 19.0. The van der Waals surface area contributed by atoms with Gasteiger partial charge in [-0.15, -0.1) is 0 Å². The van der Waals surface area contributed by atoms with Crippen molar-refractivity contribution in [2.75, 3.05) is 18.0 Å². The van der Waals surface area contributed by atoms with Crippen LogP contribution >= 0.6 is 0 Å². The van der Waals surface area contributed by atoms with E-state index in [-0.39, 0.29) is 5.69 Å². The zero-order valence-electron chi connectivity index (χ0n) is 10.9. The number of nitrogens with zero attached hydrogens (tertiary/aromatic N) is 5. The third-order valence-electron chi connectivity index (χ3n) is 3.56. The summed E-state index contributed by atoms with van der Waals surface area (Å²) in [4.78, 5) is 16.6. The number of piperidine rings is 1. The second-order valence-corrected chi connectivity index (χ2v) is 4.86. The van der Waals surface area contributed by atoms with Crippen molar-refractivity contribution in [1.29, 1.82) is 0 Å². The molecular formula is C13H15N5O2. The van der Waals surface area contributed by atoms with Crippen LogP contribution in [0, 0.1) is 10.1 Å². The van der Waals surface area contributed by atoms with Crippen LogP contribution in [0.5, 0.6) is 0 Å². The summed E-state index contributed by atoms with van der Waals surface area (Å²) in [6.07, 6.45) is 7.21. The first-order valence-corrected chi connectivity index (χ1v) is 6.58. The Kier molecular flexibility index (Phi) is 3.32. The molecule has 0 aliphatic carbocycles. The summed E-state index contributed by atoms with van der Waals surface area (Å²) in [5, 5.41) is 14.9. The number of anilines is 1. The van der Waals surface area contributed by atoms with Gasteiger partial charge in [0.25, 0.3) is 5.69 Å². The summed E-state index contributed by atoms with van der Waals surface area (Å²) in [6, 6.07) is 5.46. The number of hydrogen-bond donors (Lipinski definition) is 0. The van der Waals surface area contributed by atoms with E-state index in [9.17, 15) is 10.1 Å². The Bertz CT molecular complexity index is 581. The fourth-order valence-corrected chi connectivity index (χ4v) is 2.55. The molecule has 0 bridgehead atoms. The van der Waals surface area contributed by atoms with Crippen molar-refractivity contribution in [3.05, 3.63) is 46.9 Å². The summed E-state index contributed by atoms with van der Waals surface area (Å²) < 4.78 is 1.97. The molecule has 0 radical (unpaired) electrons. The highest BCUT2D eigenvalue weighted by Gasteiger charge is 2.22. The van der Waals surface area contributed by atoms with E-state index in [2.05, 4.69) is 15.0 Å². The summed E-state index contributed by atoms with van der Waals surface area (Å²) in [6.45, 7) is 1.75. The zero-order valence-corrected chi connectivity index (χ0v) is 10.9.